The molecule has 1 saturated heterocycles. The van der Waals surface area contributed by atoms with Gasteiger partial charge in [-0.05, 0) is 72.3 Å². The number of carbonyl (C=O) groups is 3. The zero-order valence-electron chi connectivity index (χ0n) is 20.6. The SMILES string of the molecule is CCOc1ccc(/C=C2\SC(=O)N(Cc3ccc(C(=O)Nc4ccccc4OC)cc3)C2=O)cc1OC. The van der Waals surface area contributed by atoms with Gasteiger partial charge in [-0.25, -0.2) is 0 Å². The van der Waals surface area contributed by atoms with Crippen LogP contribution in [0.1, 0.15) is 28.4 Å². The van der Waals surface area contributed by atoms with Crippen molar-refractivity contribution in [2.45, 2.75) is 13.5 Å². The molecule has 4 rings (SSSR count). The smallest absolute Gasteiger partial charge is 0.293 e. The minimum Gasteiger partial charge on any atom is -0.495 e. The van der Waals surface area contributed by atoms with Crippen LogP contribution in [0.2, 0.25) is 0 Å². The van der Waals surface area contributed by atoms with Crippen molar-refractivity contribution in [2.24, 2.45) is 0 Å². The van der Waals surface area contributed by atoms with Crippen molar-refractivity contribution in [3.63, 3.8) is 0 Å². The van der Waals surface area contributed by atoms with Crippen molar-refractivity contribution in [3.05, 3.63) is 88.3 Å². The van der Waals surface area contributed by atoms with Gasteiger partial charge in [-0.2, -0.15) is 0 Å². The summed E-state index contributed by atoms with van der Waals surface area (Å²) in [4.78, 5) is 39.7. The predicted octanol–water partition coefficient (Wildman–Crippen LogP) is 5.59. The lowest BCUT2D eigenvalue weighted by molar-refractivity contribution is -0.123. The van der Waals surface area contributed by atoms with Crippen LogP contribution in [0.5, 0.6) is 17.2 Å². The van der Waals surface area contributed by atoms with Gasteiger partial charge in [-0.15, -0.1) is 0 Å². The number of hydrogen-bond acceptors (Lipinski definition) is 7. The van der Waals surface area contributed by atoms with E-state index >= 15 is 0 Å². The van der Waals surface area contributed by atoms with E-state index in [1.165, 1.54) is 12.0 Å². The molecule has 37 heavy (non-hydrogen) atoms. The van der Waals surface area contributed by atoms with Crippen LogP contribution in [0.3, 0.4) is 0 Å². The van der Waals surface area contributed by atoms with Crippen molar-refractivity contribution >= 4 is 40.6 Å². The first kappa shape index (κ1) is 25.8. The molecule has 8 nitrogen and oxygen atoms in total. The van der Waals surface area contributed by atoms with E-state index < -0.39 is 0 Å². The third-order valence-electron chi connectivity index (χ3n) is 5.57. The summed E-state index contributed by atoms with van der Waals surface area (Å²) in [5, 5.41) is 2.47. The zero-order chi connectivity index (χ0) is 26.4. The summed E-state index contributed by atoms with van der Waals surface area (Å²) < 4.78 is 16.2. The molecule has 0 radical (unpaired) electrons. The molecule has 0 saturated carbocycles. The van der Waals surface area contributed by atoms with E-state index in [9.17, 15) is 14.4 Å². The molecule has 3 aromatic carbocycles. The molecular formula is C28H26N2O6S. The minimum atomic E-state index is -0.374. The van der Waals surface area contributed by atoms with E-state index in [0.29, 0.717) is 40.0 Å². The minimum absolute atomic E-state index is 0.100. The van der Waals surface area contributed by atoms with Crippen LogP contribution in [-0.4, -0.2) is 42.8 Å². The van der Waals surface area contributed by atoms with Crippen LogP contribution in [0.25, 0.3) is 6.08 Å². The number of nitrogens with zero attached hydrogens (tertiary/aromatic N) is 1. The molecule has 9 heteroatoms. The van der Waals surface area contributed by atoms with E-state index in [0.717, 1.165) is 22.9 Å². The highest BCUT2D eigenvalue weighted by Crippen LogP contribution is 2.35. The largest absolute Gasteiger partial charge is 0.495 e. The molecule has 0 bridgehead atoms. The van der Waals surface area contributed by atoms with Crippen molar-refractivity contribution in [1.82, 2.24) is 4.90 Å². The average molecular weight is 519 g/mol. The first-order valence-corrected chi connectivity index (χ1v) is 12.3. The van der Waals surface area contributed by atoms with E-state index in [1.807, 2.05) is 13.0 Å². The summed E-state index contributed by atoms with van der Waals surface area (Å²) >= 11 is 0.887. The normalized spacial score (nSPS) is 14.1. The van der Waals surface area contributed by atoms with Crippen molar-refractivity contribution in [2.75, 3.05) is 26.1 Å². The first-order chi connectivity index (χ1) is 17.9. The molecule has 0 aliphatic carbocycles. The average Bonchev–Trinajstić information content (AvgIpc) is 3.17. The Morgan fingerprint density at radius 1 is 0.946 bits per heavy atom. The number of nitrogens with one attached hydrogen (secondary N) is 1. The van der Waals surface area contributed by atoms with E-state index in [2.05, 4.69) is 5.32 Å². The molecule has 1 fully saturated rings. The molecule has 1 aliphatic heterocycles. The predicted molar refractivity (Wildman–Crippen MR) is 143 cm³/mol. The van der Waals surface area contributed by atoms with Crippen LogP contribution in [0.15, 0.2) is 71.6 Å². The maximum absolute atomic E-state index is 13.0. The Balaban J connectivity index is 1.44. The van der Waals surface area contributed by atoms with Gasteiger partial charge in [0.1, 0.15) is 5.75 Å². The maximum atomic E-state index is 13.0. The Bertz CT molecular complexity index is 1350. The number of anilines is 1. The highest BCUT2D eigenvalue weighted by molar-refractivity contribution is 8.18. The monoisotopic (exact) mass is 518 g/mol. The van der Waals surface area contributed by atoms with Gasteiger partial charge in [0, 0.05) is 5.56 Å². The number of methoxy groups -OCH3 is 2. The van der Waals surface area contributed by atoms with Crippen LogP contribution in [0.4, 0.5) is 10.5 Å². The fourth-order valence-electron chi connectivity index (χ4n) is 3.72. The number of carbonyl (C=O) groups excluding carboxylic acids is 3. The quantitative estimate of drug-likeness (QED) is 0.369. The molecule has 190 valence electrons. The lowest BCUT2D eigenvalue weighted by Gasteiger charge is -2.13. The van der Waals surface area contributed by atoms with Gasteiger partial charge >= 0.3 is 0 Å². The van der Waals surface area contributed by atoms with Gasteiger partial charge in [0.25, 0.3) is 17.1 Å². The summed E-state index contributed by atoms with van der Waals surface area (Å²) in [6.45, 7) is 2.48. The number of rotatable bonds is 9. The molecule has 0 spiro atoms. The lowest BCUT2D eigenvalue weighted by Crippen LogP contribution is -2.27. The Kier molecular flexibility index (Phi) is 8.15. The molecule has 0 atom stereocenters. The Morgan fingerprint density at radius 2 is 1.68 bits per heavy atom. The summed E-state index contributed by atoms with van der Waals surface area (Å²) in [5.41, 5.74) is 2.44. The van der Waals surface area contributed by atoms with Gasteiger partial charge in [-0.1, -0.05) is 30.3 Å². The molecular weight excluding hydrogens is 492 g/mol. The number of ether oxygens (including phenoxy) is 3. The summed E-state index contributed by atoms with van der Waals surface area (Å²) in [7, 11) is 3.08. The number of benzene rings is 3. The zero-order valence-corrected chi connectivity index (χ0v) is 21.5. The number of para-hydroxylation sites is 2. The number of thioether (sulfide) groups is 1. The van der Waals surface area contributed by atoms with Gasteiger partial charge in [0.15, 0.2) is 11.5 Å². The summed E-state index contributed by atoms with van der Waals surface area (Å²) in [6, 6.07) is 19.2. The first-order valence-electron chi connectivity index (χ1n) is 11.5. The molecule has 3 aromatic rings. The third-order valence-corrected chi connectivity index (χ3v) is 6.48. The van der Waals surface area contributed by atoms with Crippen LogP contribution < -0.4 is 19.5 Å². The van der Waals surface area contributed by atoms with Gasteiger partial charge < -0.3 is 19.5 Å². The van der Waals surface area contributed by atoms with Crippen LogP contribution in [0, 0.1) is 0 Å². The molecule has 1 aliphatic rings. The van der Waals surface area contributed by atoms with Crippen molar-refractivity contribution in [3.8, 4) is 17.2 Å². The van der Waals surface area contributed by atoms with Gasteiger partial charge in [0.2, 0.25) is 0 Å². The topological polar surface area (TPSA) is 94.2 Å². The standard InChI is InChI=1S/C28H26N2O6S/c1-4-36-23-14-11-19(15-24(23)35-3)16-25-27(32)30(28(33)37-25)17-18-9-12-20(13-10-18)26(31)29-21-7-5-6-8-22(21)34-2/h5-16H,4,17H2,1-3H3,(H,29,31)/b25-16-. The Hall–Kier alpha value is -4.24. The second-order valence-corrected chi connectivity index (χ2v) is 8.96. The fraction of sp³-hybridized carbons (Fsp3) is 0.179. The van der Waals surface area contributed by atoms with Crippen LogP contribution >= 0.6 is 11.8 Å². The van der Waals surface area contributed by atoms with Gasteiger partial charge in [-0.3, -0.25) is 19.3 Å². The maximum Gasteiger partial charge on any atom is 0.293 e. The fourth-order valence-corrected chi connectivity index (χ4v) is 4.56. The van der Waals surface area contributed by atoms with Gasteiger partial charge in [0.05, 0.1) is 38.0 Å². The second-order valence-electron chi connectivity index (χ2n) is 7.96. The molecule has 1 heterocycles. The number of amides is 3. The summed E-state index contributed by atoms with van der Waals surface area (Å²) in [5.74, 6) is 1.04. The summed E-state index contributed by atoms with van der Waals surface area (Å²) in [6.07, 6.45) is 1.66. The molecule has 0 unspecified atom stereocenters. The second kappa shape index (κ2) is 11.7. The molecule has 3 amide bonds. The van der Waals surface area contributed by atoms with Crippen molar-refractivity contribution < 1.29 is 28.6 Å². The highest BCUT2D eigenvalue weighted by atomic mass is 32.2. The van der Waals surface area contributed by atoms with E-state index in [4.69, 9.17) is 14.2 Å². The van der Waals surface area contributed by atoms with Crippen LogP contribution in [-0.2, 0) is 11.3 Å². The number of hydrogen-bond donors (Lipinski definition) is 1. The Labute approximate surface area is 219 Å². The third kappa shape index (κ3) is 5.95. The lowest BCUT2D eigenvalue weighted by atomic mass is 10.1. The Morgan fingerprint density at radius 3 is 2.38 bits per heavy atom. The van der Waals surface area contributed by atoms with Crippen molar-refractivity contribution in [1.29, 1.82) is 0 Å². The highest BCUT2D eigenvalue weighted by Gasteiger charge is 2.35. The van der Waals surface area contributed by atoms with E-state index in [-0.39, 0.29) is 23.6 Å². The number of imide groups is 1. The molecule has 0 aromatic heterocycles. The molecule has 1 N–H and O–H groups in total. The van der Waals surface area contributed by atoms with E-state index in [1.54, 1.807) is 73.8 Å².